The fraction of sp³-hybridized carbons (Fsp3) is 0.125. The van der Waals surface area contributed by atoms with Crippen molar-refractivity contribution in [1.29, 1.82) is 0 Å². The van der Waals surface area contributed by atoms with E-state index >= 15 is 0 Å². The van der Waals surface area contributed by atoms with Gasteiger partial charge in [-0.3, -0.25) is 9.59 Å². The number of hydrogen-bond acceptors (Lipinski definition) is 7. The van der Waals surface area contributed by atoms with Crippen LogP contribution in [0.2, 0.25) is 10.0 Å². The van der Waals surface area contributed by atoms with Gasteiger partial charge in [0.2, 0.25) is 0 Å². The second-order valence-electron chi connectivity index (χ2n) is 8.89. The summed E-state index contributed by atoms with van der Waals surface area (Å²) in [6, 6.07) is 20.2. The van der Waals surface area contributed by atoms with Crippen molar-refractivity contribution >= 4 is 64.4 Å². The summed E-state index contributed by atoms with van der Waals surface area (Å²) in [5.74, 6) is -1.92. The van der Waals surface area contributed by atoms with Crippen LogP contribution in [-0.2, 0) is 19.1 Å². The SMILES string of the molecule is CCOC(=O)c1ccc(NC(=O)C(=Cc2ccc(-c3cc(Cl)ccc3Cl)o2)C(=O)Nc2ccc(C(=O)OCC)cc2)cc1. The molecule has 43 heavy (non-hydrogen) atoms. The van der Waals surface area contributed by atoms with E-state index in [0.29, 0.717) is 43.9 Å². The third-order valence-corrected chi connectivity index (χ3v) is 6.47. The molecule has 0 aliphatic heterocycles. The Morgan fingerprint density at radius 1 is 0.721 bits per heavy atom. The number of carbonyl (C=O) groups excluding carboxylic acids is 4. The molecule has 0 unspecified atom stereocenters. The van der Waals surface area contributed by atoms with E-state index in [9.17, 15) is 19.2 Å². The van der Waals surface area contributed by atoms with Crippen molar-refractivity contribution < 1.29 is 33.1 Å². The molecule has 4 rings (SSSR count). The molecule has 0 saturated heterocycles. The summed E-state index contributed by atoms with van der Waals surface area (Å²) in [7, 11) is 0. The molecule has 3 aromatic carbocycles. The predicted octanol–water partition coefficient (Wildman–Crippen LogP) is 7.27. The number of halogens is 2. The summed E-state index contributed by atoms with van der Waals surface area (Å²) in [5.41, 5.74) is 1.53. The van der Waals surface area contributed by atoms with E-state index in [-0.39, 0.29) is 24.5 Å². The third kappa shape index (κ3) is 8.12. The van der Waals surface area contributed by atoms with E-state index in [1.54, 1.807) is 44.2 Å². The Hall–Kier alpha value is -4.86. The summed E-state index contributed by atoms with van der Waals surface area (Å²) in [4.78, 5) is 50.7. The highest BCUT2D eigenvalue weighted by molar-refractivity contribution is 6.35. The maximum Gasteiger partial charge on any atom is 0.338 e. The first-order valence-corrected chi connectivity index (χ1v) is 13.9. The van der Waals surface area contributed by atoms with Crippen molar-refractivity contribution in [1.82, 2.24) is 0 Å². The van der Waals surface area contributed by atoms with Crippen LogP contribution in [-0.4, -0.2) is 37.0 Å². The summed E-state index contributed by atoms with van der Waals surface area (Å²) < 4.78 is 15.8. The van der Waals surface area contributed by atoms with Gasteiger partial charge in [-0.15, -0.1) is 0 Å². The summed E-state index contributed by atoms with van der Waals surface area (Å²) in [5, 5.41) is 6.18. The zero-order valence-corrected chi connectivity index (χ0v) is 24.6. The van der Waals surface area contributed by atoms with Crippen molar-refractivity contribution in [3.63, 3.8) is 0 Å². The number of esters is 2. The molecular formula is C32H26Cl2N2O7. The largest absolute Gasteiger partial charge is 0.462 e. The number of benzene rings is 3. The first kappa shape index (κ1) is 31.1. The summed E-state index contributed by atoms with van der Waals surface area (Å²) in [6.45, 7) is 3.85. The predicted molar refractivity (Wildman–Crippen MR) is 164 cm³/mol. The minimum Gasteiger partial charge on any atom is -0.462 e. The van der Waals surface area contributed by atoms with E-state index in [1.165, 1.54) is 54.6 Å². The molecule has 0 aliphatic rings. The average Bonchev–Trinajstić information content (AvgIpc) is 3.46. The van der Waals surface area contributed by atoms with E-state index in [1.807, 2.05) is 0 Å². The quantitative estimate of drug-likeness (QED) is 0.0826. The molecule has 1 heterocycles. The van der Waals surface area contributed by atoms with Gasteiger partial charge in [0.25, 0.3) is 11.8 Å². The molecule has 2 amide bonds. The van der Waals surface area contributed by atoms with Crippen LogP contribution < -0.4 is 10.6 Å². The Bertz CT molecular complexity index is 1600. The first-order valence-electron chi connectivity index (χ1n) is 13.1. The molecule has 0 fully saturated rings. The molecule has 1 aromatic heterocycles. The van der Waals surface area contributed by atoms with Gasteiger partial charge in [0.15, 0.2) is 0 Å². The number of carbonyl (C=O) groups is 4. The van der Waals surface area contributed by atoms with Crippen LogP contribution in [0.4, 0.5) is 11.4 Å². The number of rotatable bonds is 10. The Morgan fingerprint density at radius 3 is 1.72 bits per heavy atom. The van der Waals surface area contributed by atoms with Crippen LogP contribution in [0.1, 0.15) is 40.3 Å². The maximum absolute atomic E-state index is 13.4. The highest BCUT2D eigenvalue weighted by Gasteiger charge is 2.21. The van der Waals surface area contributed by atoms with Crippen LogP contribution in [0.25, 0.3) is 17.4 Å². The van der Waals surface area contributed by atoms with Gasteiger partial charge in [0, 0.05) is 22.0 Å². The van der Waals surface area contributed by atoms with Gasteiger partial charge in [-0.05, 0) is 98.8 Å². The van der Waals surface area contributed by atoms with E-state index in [2.05, 4.69) is 10.6 Å². The van der Waals surface area contributed by atoms with E-state index < -0.39 is 23.8 Å². The van der Waals surface area contributed by atoms with Gasteiger partial charge in [0.1, 0.15) is 17.1 Å². The normalized spacial score (nSPS) is 10.4. The van der Waals surface area contributed by atoms with Crippen molar-refractivity contribution in [3.8, 4) is 11.3 Å². The first-order chi connectivity index (χ1) is 20.7. The van der Waals surface area contributed by atoms with Crippen molar-refractivity contribution in [2.45, 2.75) is 13.8 Å². The fourth-order valence-electron chi connectivity index (χ4n) is 3.84. The standard InChI is InChI=1S/C32H26Cl2N2O7/c1-3-41-31(39)19-5-10-22(11-6-19)35-29(37)26(30(38)36-23-12-7-20(8-13-23)32(40)42-4-2)18-24-14-16-28(43-24)25-17-21(33)9-15-27(25)34/h5-18H,3-4H2,1-2H3,(H,35,37)(H,36,38). The van der Waals surface area contributed by atoms with Crippen molar-refractivity contribution in [3.05, 3.63) is 111 Å². The van der Waals surface area contributed by atoms with Crippen molar-refractivity contribution in [2.75, 3.05) is 23.8 Å². The monoisotopic (exact) mass is 620 g/mol. The number of amides is 2. The molecule has 4 aromatic rings. The lowest BCUT2D eigenvalue weighted by atomic mass is 10.1. The average molecular weight is 621 g/mol. The highest BCUT2D eigenvalue weighted by Crippen LogP contribution is 2.32. The second-order valence-corrected chi connectivity index (χ2v) is 9.73. The Labute approximate surface area is 257 Å². The molecule has 11 heteroatoms. The molecule has 0 aliphatic carbocycles. The van der Waals surface area contributed by atoms with Crippen LogP contribution >= 0.6 is 23.2 Å². The zero-order chi connectivity index (χ0) is 30.9. The van der Waals surface area contributed by atoms with E-state index in [0.717, 1.165) is 0 Å². The molecule has 0 radical (unpaired) electrons. The number of ether oxygens (including phenoxy) is 2. The van der Waals surface area contributed by atoms with Crippen LogP contribution in [0.3, 0.4) is 0 Å². The van der Waals surface area contributed by atoms with Gasteiger partial charge in [-0.1, -0.05) is 23.2 Å². The Balaban J connectivity index is 1.61. The summed E-state index contributed by atoms with van der Waals surface area (Å²) in [6.07, 6.45) is 1.28. The van der Waals surface area contributed by atoms with Gasteiger partial charge < -0.3 is 24.5 Å². The molecule has 0 atom stereocenters. The lowest BCUT2D eigenvalue weighted by Gasteiger charge is -2.11. The van der Waals surface area contributed by atoms with E-state index in [4.69, 9.17) is 37.1 Å². The second kappa shape index (κ2) is 14.4. The van der Waals surface area contributed by atoms with Crippen LogP contribution in [0.5, 0.6) is 0 Å². The Kier molecular flexibility index (Phi) is 10.4. The number of hydrogen-bond donors (Lipinski definition) is 2. The third-order valence-electron chi connectivity index (χ3n) is 5.90. The molecule has 0 spiro atoms. The lowest BCUT2D eigenvalue weighted by Crippen LogP contribution is -2.25. The summed E-state index contributed by atoms with van der Waals surface area (Å²) >= 11 is 12.4. The molecule has 0 bridgehead atoms. The molecule has 9 nitrogen and oxygen atoms in total. The smallest absolute Gasteiger partial charge is 0.338 e. The van der Waals surface area contributed by atoms with Gasteiger partial charge in [0.05, 0.1) is 29.4 Å². The molecule has 0 saturated carbocycles. The lowest BCUT2D eigenvalue weighted by molar-refractivity contribution is -0.118. The minimum atomic E-state index is -0.747. The van der Waals surface area contributed by atoms with Crippen LogP contribution in [0.15, 0.2) is 88.9 Å². The number of furan rings is 1. The molecule has 2 N–H and O–H groups in total. The fourth-order valence-corrected chi connectivity index (χ4v) is 4.23. The maximum atomic E-state index is 13.4. The van der Waals surface area contributed by atoms with Crippen molar-refractivity contribution in [2.24, 2.45) is 0 Å². The van der Waals surface area contributed by atoms with Gasteiger partial charge in [-0.25, -0.2) is 9.59 Å². The number of nitrogens with one attached hydrogen (secondary N) is 2. The zero-order valence-electron chi connectivity index (χ0n) is 23.1. The molecular weight excluding hydrogens is 595 g/mol. The van der Waals surface area contributed by atoms with Crippen LogP contribution in [0, 0.1) is 0 Å². The Morgan fingerprint density at radius 2 is 1.23 bits per heavy atom. The molecule has 220 valence electrons. The van der Waals surface area contributed by atoms with Gasteiger partial charge in [-0.2, -0.15) is 0 Å². The van der Waals surface area contributed by atoms with Gasteiger partial charge >= 0.3 is 11.9 Å². The minimum absolute atomic E-state index is 0.196. The topological polar surface area (TPSA) is 124 Å². The highest BCUT2D eigenvalue weighted by atomic mass is 35.5. The number of anilines is 2.